The fraction of sp³-hybridized carbons (Fsp3) is 0.513. The van der Waals surface area contributed by atoms with Crippen LogP contribution in [0.5, 0.6) is 0 Å². The smallest absolute Gasteiger partial charge is 0.166 e. The minimum absolute atomic E-state index is 0.00199. The van der Waals surface area contributed by atoms with Crippen molar-refractivity contribution in [1.29, 1.82) is 0 Å². The zero-order valence-electron chi connectivity index (χ0n) is 31.0. The number of hydrogen-bond donors (Lipinski definition) is 3. The third kappa shape index (κ3) is 10.3. The van der Waals surface area contributed by atoms with E-state index < -0.39 is 5.60 Å². The van der Waals surface area contributed by atoms with Crippen LogP contribution in [0.4, 0.5) is 0 Å². The van der Waals surface area contributed by atoms with E-state index in [0.29, 0.717) is 0 Å². The van der Waals surface area contributed by atoms with Crippen LogP contribution in [0.3, 0.4) is 0 Å². The third-order valence-corrected chi connectivity index (χ3v) is 7.41. The van der Waals surface area contributed by atoms with Crippen molar-refractivity contribution in [3.63, 3.8) is 0 Å². The van der Waals surface area contributed by atoms with Gasteiger partial charge in [-0.15, -0.1) is 0 Å². The van der Waals surface area contributed by atoms with Crippen LogP contribution < -0.4 is 0 Å². The molecule has 2 aliphatic rings. The van der Waals surface area contributed by atoms with Crippen molar-refractivity contribution in [3.05, 3.63) is 107 Å². The Morgan fingerprint density at radius 2 is 1.07 bits per heavy atom. The monoisotopic (exact) mass is 621 g/mol. The standard InChI is InChI=1S/C14H16N2O.C13H12N2O.6C2H6/c1-9-13(12-7-15-8-16-12)10-5-3-4-6-11(10)14(9,2)17;1-8-12(11-6-14-7-15-11)9-4-2-3-5-10(9)13(8)16;6*1-2/h3-9,13,17H,1-2H3,(H,15,16);2-8,12H,1H3,(H,14,15);6*1-2H3. The molecule has 5 unspecified atom stereocenters. The zero-order chi connectivity index (χ0) is 35.2. The van der Waals surface area contributed by atoms with Gasteiger partial charge in [0.05, 0.1) is 18.3 Å². The predicted octanol–water partition coefficient (Wildman–Crippen LogP) is 10.9. The van der Waals surface area contributed by atoms with Crippen LogP contribution in [0.1, 0.15) is 154 Å². The molecule has 0 saturated heterocycles. The van der Waals surface area contributed by atoms with Crippen molar-refractivity contribution < 1.29 is 9.90 Å². The van der Waals surface area contributed by atoms with E-state index in [1.54, 1.807) is 18.9 Å². The molecule has 0 amide bonds. The molecule has 0 aliphatic heterocycles. The number of Topliss-reactive ketones (excluding diaryl/α,β-unsaturated/α-hetero) is 1. The Labute approximate surface area is 275 Å². The van der Waals surface area contributed by atoms with Crippen LogP contribution in [0.2, 0.25) is 0 Å². The van der Waals surface area contributed by atoms with Gasteiger partial charge in [0.1, 0.15) is 0 Å². The largest absolute Gasteiger partial charge is 0.385 e. The average Bonchev–Trinajstić information content (AvgIpc) is 3.93. The summed E-state index contributed by atoms with van der Waals surface area (Å²) in [6, 6.07) is 16.0. The van der Waals surface area contributed by atoms with Gasteiger partial charge in [0.2, 0.25) is 0 Å². The summed E-state index contributed by atoms with van der Waals surface area (Å²) in [5.41, 5.74) is 5.53. The molecular formula is C39H64N4O2. The maximum atomic E-state index is 12.1. The van der Waals surface area contributed by atoms with E-state index in [4.69, 9.17) is 0 Å². The number of aliphatic hydroxyl groups is 1. The topological polar surface area (TPSA) is 94.7 Å². The van der Waals surface area contributed by atoms with Gasteiger partial charge in [-0.2, -0.15) is 0 Å². The van der Waals surface area contributed by atoms with Crippen molar-refractivity contribution in [1.82, 2.24) is 19.9 Å². The quantitative estimate of drug-likeness (QED) is 0.208. The number of carbonyl (C=O) groups excluding carboxylic acids is 1. The van der Waals surface area contributed by atoms with Gasteiger partial charge in [0.25, 0.3) is 0 Å². The maximum Gasteiger partial charge on any atom is 0.166 e. The highest BCUT2D eigenvalue weighted by Gasteiger charge is 2.46. The molecule has 6 nitrogen and oxygen atoms in total. The molecule has 6 heteroatoms. The van der Waals surface area contributed by atoms with Crippen LogP contribution >= 0.6 is 0 Å². The minimum atomic E-state index is -0.771. The second-order valence-electron chi connectivity index (χ2n) is 9.23. The molecular weight excluding hydrogens is 556 g/mol. The average molecular weight is 621 g/mol. The highest BCUT2D eigenvalue weighted by Crippen LogP contribution is 2.51. The summed E-state index contributed by atoms with van der Waals surface area (Å²) in [5, 5.41) is 10.7. The van der Waals surface area contributed by atoms with Crippen LogP contribution in [0.15, 0.2) is 73.6 Å². The Bertz CT molecular complexity index is 1260. The first-order valence-corrected chi connectivity index (χ1v) is 17.3. The number of ketones is 1. The van der Waals surface area contributed by atoms with Crippen LogP contribution in [0, 0.1) is 11.8 Å². The number of nitrogens with zero attached hydrogens (tertiary/aromatic N) is 2. The van der Waals surface area contributed by atoms with Crippen molar-refractivity contribution >= 4 is 5.78 Å². The van der Waals surface area contributed by atoms with E-state index in [9.17, 15) is 9.90 Å². The molecule has 5 atom stereocenters. The number of aromatic nitrogens is 4. The second kappa shape index (κ2) is 23.8. The number of fused-ring (bicyclic) bond motifs is 2. The van der Waals surface area contributed by atoms with Crippen molar-refractivity contribution in [2.75, 3.05) is 0 Å². The summed E-state index contributed by atoms with van der Waals surface area (Å²) in [6.07, 6.45) is 7.00. The summed E-state index contributed by atoms with van der Waals surface area (Å²) in [5.74, 6) is 0.697. The number of benzene rings is 2. The first-order valence-electron chi connectivity index (χ1n) is 17.3. The van der Waals surface area contributed by atoms with Gasteiger partial charge in [0.15, 0.2) is 5.78 Å². The molecule has 2 aromatic carbocycles. The predicted molar refractivity (Wildman–Crippen MR) is 194 cm³/mol. The van der Waals surface area contributed by atoms with E-state index in [0.717, 1.165) is 28.1 Å². The SMILES string of the molecule is CC.CC.CC.CC.CC.CC.CC1C(=O)c2ccccc2C1c1cnc[nH]1.CC1C(c2cnc[nH]2)c2ccccc2C1(C)O. The summed E-state index contributed by atoms with van der Waals surface area (Å²) in [7, 11) is 0. The van der Waals surface area contributed by atoms with Gasteiger partial charge >= 0.3 is 0 Å². The molecule has 0 bridgehead atoms. The molecule has 0 radical (unpaired) electrons. The fourth-order valence-electron chi connectivity index (χ4n) is 5.47. The molecule has 0 spiro atoms. The molecule has 45 heavy (non-hydrogen) atoms. The van der Waals surface area contributed by atoms with Crippen LogP contribution in [-0.4, -0.2) is 30.8 Å². The van der Waals surface area contributed by atoms with Gasteiger partial charge in [-0.25, -0.2) is 9.97 Å². The number of H-pyrrole nitrogens is 2. The molecule has 2 aliphatic carbocycles. The van der Waals surface area contributed by atoms with E-state index in [1.165, 1.54) is 5.56 Å². The van der Waals surface area contributed by atoms with Crippen molar-refractivity contribution in [2.45, 2.75) is 121 Å². The Hall–Kier alpha value is -3.51. The lowest BCUT2D eigenvalue weighted by Gasteiger charge is -2.26. The van der Waals surface area contributed by atoms with E-state index in [-0.39, 0.29) is 29.5 Å². The van der Waals surface area contributed by atoms with Crippen LogP contribution in [0.25, 0.3) is 0 Å². The minimum Gasteiger partial charge on any atom is -0.385 e. The lowest BCUT2D eigenvalue weighted by molar-refractivity contribution is 0.00989. The van der Waals surface area contributed by atoms with E-state index in [2.05, 4.69) is 32.9 Å². The Kier molecular flexibility index (Phi) is 23.1. The van der Waals surface area contributed by atoms with Gasteiger partial charge in [-0.05, 0) is 23.6 Å². The molecule has 252 valence electrons. The number of aromatic amines is 2. The normalized spacial score (nSPS) is 21.0. The Balaban J connectivity index is 0. The highest BCUT2D eigenvalue weighted by atomic mass is 16.3. The summed E-state index contributed by atoms with van der Waals surface area (Å²) < 4.78 is 0. The van der Waals surface area contributed by atoms with Gasteiger partial charge < -0.3 is 15.1 Å². The second-order valence-corrected chi connectivity index (χ2v) is 9.23. The zero-order valence-corrected chi connectivity index (χ0v) is 31.0. The number of nitrogens with one attached hydrogen (secondary N) is 2. The Morgan fingerprint density at radius 3 is 1.53 bits per heavy atom. The molecule has 3 N–H and O–H groups in total. The highest BCUT2D eigenvalue weighted by molar-refractivity contribution is 6.03. The molecule has 0 saturated carbocycles. The summed E-state index contributed by atoms with van der Waals surface area (Å²) in [6.45, 7) is 30.0. The van der Waals surface area contributed by atoms with Gasteiger partial charge in [-0.3, -0.25) is 4.79 Å². The maximum absolute atomic E-state index is 12.1. The first kappa shape index (κ1) is 43.6. The molecule has 0 fully saturated rings. The first-order chi connectivity index (χ1) is 21.9. The molecule has 6 rings (SSSR count). The summed E-state index contributed by atoms with van der Waals surface area (Å²) in [4.78, 5) is 26.5. The molecule has 2 heterocycles. The van der Waals surface area contributed by atoms with Gasteiger partial charge in [-0.1, -0.05) is 145 Å². The van der Waals surface area contributed by atoms with Crippen molar-refractivity contribution in [3.8, 4) is 0 Å². The fourth-order valence-corrected chi connectivity index (χ4v) is 5.47. The number of hydrogen-bond acceptors (Lipinski definition) is 4. The number of imidazole rings is 2. The third-order valence-electron chi connectivity index (χ3n) is 7.41. The molecule has 4 aromatic rings. The number of carbonyl (C=O) groups is 1. The molecule has 2 aromatic heterocycles. The Morgan fingerprint density at radius 1 is 0.644 bits per heavy atom. The van der Waals surface area contributed by atoms with Gasteiger partial charge in [0, 0.05) is 53.0 Å². The summed E-state index contributed by atoms with van der Waals surface area (Å²) >= 11 is 0. The van der Waals surface area contributed by atoms with Crippen LogP contribution in [-0.2, 0) is 5.60 Å². The lowest BCUT2D eigenvalue weighted by Crippen LogP contribution is -2.27. The van der Waals surface area contributed by atoms with E-state index in [1.807, 2.05) is 146 Å². The lowest BCUT2D eigenvalue weighted by atomic mass is 9.85. The van der Waals surface area contributed by atoms with E-state index >= 15 is 0 Å². The van der Waals surface area contributed by atoms with Crippen molar-refractivity contribution in [2.24, 2.45) is 11.8 Å². The number of rotatable bonds is 2.